The molecule has 1 aromatic rings. The van der Waals surface area contributed by atoms with Crippen LogP contribution in [0.3, 0.4) is 0 Å². The van der Waals surface area contributed by atoms with Gasteiger partial charge in [-0.05, 0) is 12.1 Å². The highest BCUT2D eigenvalue weighted by Crippen LogP contribution is 2.24. The van der Waals surface area contributed by atoms with E-state index in [9.17, 15) is 9.59 Å². The predicted octanol–water partition coefficient (Wildman–Crippen LogP) is -0.176. The van der Waals surface area contributed by atoms with E-state index in [0.717, 1.165) is 4.90 Å². The Morgan fingerprint density at radius 3 is 3.07 bits per heavy atom. The lowest BCUT2D eigenvalue weighted by Gasteiger charge is -2.04. The standard InChI is InChI=1S/C9H5N3O2/c13-6-4-11-8-7-5(2-1-3-10-7)9(14)12(6)8/h1-3H,4H2. The lowest BCUT2D eigenvalue weighted by atomic mass is 10.2. The average Bonchev–Trinajstić information content (AvgIpc) is 2.70. The Balaban J connectivity index is 2.29. The SMILES string of the molecule is O=C1CN=C2c3ncccc3C(=O)N12. The van der Waals surface area contributed by atoms with E-state index in [-0.39, 0.29) is 18.4 Å². The Hall–Kier alpha value is -2.04. The summed E-state index contributed by atoms with van der Waals surface area (Å²) in [6.45, 7) is 0.0527. The molecule has 0 saturated carbocycles. The van der Waals surface area contributed by atoms with Crippen LogP contribution in [0.25, 0.3) is 0 Å². The van der Waals surface area contributed by atoms with Crippen molar-refractivity contribution in [2.24, 2.45) is 4.99 Å². The minimum atomic E-state index is -0.311. The number of amides is 2. The van der Waals surface area contributed by atoms with Crippen molar-refractivity contribution in [3.05, 3.63) is 29.6 Å². The summed E-state index contributed by atoms with van der Waals surface area (Å²) < 4.78 is 0. The van der Waals surface area contributed by atoms with Crippen molar-refractivity contribution in [1.29, 1.82) is 0 Å². The number of aromatic nitrogens is 1. The van der Waals surface area contributed by atoms with Crippen molar-refractivity contribution in [2.75, 3.05) is 6.54 Å². The zero-order chi connectivity index (χ0) is 9.71. The fourth-order valence-corrected chi connectivity index (χ4v) is 1.67. The average molecular weight is 187 g/mol. The number of carbonyl (C=O) groups excluding carboxylic acids is 2. The van der Waals surface area contributed by atoms with Crippen molar-refractivity contribution in [3.63, 3.8) is 0 Å². The van der Waals surface area contributed by atoms with Crippen LogP contribution in [0.15, 0.2) is 23.3 Å². The predicted molar refractivity (Wildman–Crippen MR) is 46.8 cm³/mol. The number of imide groups is 1. The maximum absolute atomic E-state index is 11.7. The van der Waals surface area contributed by atoms with Crippen LogP contribution in [-0.4, -0.2) is 34.1 Å². The molecule has 2 aliphatic heterocycles. The Labute approximate surface area is 79.1 Å². The molecule has 68 valence electrons. The molecule has 0 spiro atoms. The minimum Gasteiger partial charge on any atom is -0.272 e. The number of nitrogens with zero attached hydrogens (tertiary/aromatic N) is 3. The largest absolute Gasteiger partial charge is 0.272 e. The first-order chi connectivity index (χ1) is 6.79. The summed E-state index contributed by atoms with van der Waals surface area (Å²) in [4.78, 5) is 32.1. The zero-order valence-electron chi connectivity index (χ0n) is 7.10. The van der Waals surface area contributed by atoms with E-state index < -0.39 is 0 Å². The second-order valence-electron chi connectivity index (χ2n) is 3.07. The van der Waals surface area contributed by atoms with Gasteiger partial charge in [0.25, 0.3) is 11.8 Å². The lowest BCUT2D eigenvalue weighted by molar-refractivity contribution is -0.122. The number of hydrogen-bond acceptors (Lipinski definition) is 4. The molecule has 5 heteroatoms. The fourth-order valence-electron chi connectivity index (χ4n) is 1.67. The second-order valence-corrected chi connectivity index (χ2v) is 3.07. The molecular formula is C9H5N3O2. The van der Waals surface area contributed by atoms with Gasteiger partial charge in [0.2, 0.25) is 0 Å². The van der Waals surface area contributed by atoms with Crippen LogP contribution in [0.1, 0.15) is 16.1 Å². The normalized spacial score (nSPS) is 18.3. The van der Waals surface area contributed by atoms with Gasteiger partial charge in [0.05, 0.1) is 5.56 Å². The summed E-state index contributed by atoms with van der Waals surface area (Å²) in [5.74, 6) is -0.187. The van der Waals surface area contributed by atoms with Gasteiger partial charge >= 0.3 is 0 Å². The third-order valence-electron chi connectivity index (χ3n) is 2.28. The molecule has 0 atom stereocenters. The first-order valence-corrected chi connectivity index (χ1v) is 4.16. The fraction of sp³-hybridized carbons (Fsp3) is 0.111. The first-order valence-electron chi connectivity index (χ1n) is 4.16. The molecule has 0 fully saturated rings. The Kier molecular flexibility index (Phi) is 1.19. The van der Waals surface area contributed by atoms with Gasteiger partial charge in [-0.2, -0.15) is 0 Å². The van der Waals surface area contributed by atoms with Gasteiger partial charge in [0.15, 0.2) is 5.84 Å². The van der Waals surface area contributed by atoms with Gasteiger partial charge in [-0.25, -0.2) is 4.90 Å². The molecule has 3 rings (SSSR count). The summed E-state index contributed by atoms with van der Waals surface area (Å²) in [6.07, 6.45) is 1.58. The van der Waals surface area contributed by atoms with Gasteiger partial charge in [-0.15, -0.1) is 0 Å². The molecule has 0 unspecified atom stereocenters. The highest BCUT2D eigenvalue weighted by atomic mass is 16.2. The van der Waals surface area contributed by atoms with Gasteiger partial charge < -0.3 is 0 Å². The van der Waals surface area contributed by atoms with Gasteiger partial charge in [-0.3, -0.25) is 19.6 Å². The molecule has 1 aromatic heterocycles. The van der Waals surface area contributed by atoms with Crippen molar-refractivity contribution < 1.29 is 9.59 Å². The van der Waals surface area contributed by atoms with E-state index in [4.69, 9.17) is 0 Å². The molecular weight excluding hydrogens is 182 g/mol. The molecule has 14 heavy (non-hydrogen) atoms. The number of carbonyl (C=O) groups is 2. The smallest absolute Gasteiger partial charge is 0.268 e. The third kappa shape index (κ3) is 0.693. The highest BCUT2D eigenvalue weighted by molar-refractivity contribution is 6.32. The van der Waals surface area contributed by atoms with Crippen molar-refractivity contribution in [1.82, 2.24) is 9.88 Å². The Morgan fingerprint density at radius 1 is 1.36 bits per heavy atom. The van der Waals surface area contributed by atoms with Gasteiger partial charge in [0.1, 0.15) is 12.2 Å². The van der Waals surface area contributed by atoms with E-state index in [0.29, 0.717) is 17.1 Å². The molecule has 5 nitrogen and oxygen atoms in total. The number of fused-ring (bicyclic) bond motifs is 3. The Morgan fingerprint density at radius 2 is 2.21 bits per heavy atom. The maximum atomic E-state index is 11.7. The molecule has 0 N–H and O–H groups in total. The monoisotopic (exact) mass is 187 g/mol. The molecule has 0 bridgehead atoms. The number of hydrogen-bond donors (Lipinski definition) is 0. The van der Waals surface area contributed by atoms with Crippen molar-refractivity contribution in [2.45, 2.75) is 0 Å². The van der Waals surface area contributed by atoms with E-state index in [1.165, 1.54) is 0 Å². The molecule has 2 amide bonds. The van der Waals surface area contributed by atoms with E-state index >= 15 is 0 Å². The van der Waals surface area contributed by atoms with Gasteiger partial charge in [0, 0.05) is 6.20 Å². The molecule has 0 radical (unpaired) electrons. The topological polar surface area (TPSA) is 62.6 Å². The summed E-state index contributed by atoms with van der Waals surface area (Å²) >= 11 is 0. The molecule has 0 aromatic carbocycles. The van der Waals surface area contributed by atoms with Crippen LogP contribution in [0, 0.1) is 0 Å². The zero-order valence-corrected chi connectivity index (χ0v) is 7.10. The number of rotatable bonds is 0. The maximum Gasteiger partial charge on any atom is 0.268 e. The minimum absolute atomic E-state index is 0.0527. The number of aliphatic imine (C=N–C) groups is 1. The number of pyridine rings is 1. The van der Waals surface area contributed by atoms with Crippen LogP contribution in [0.4, 0.5) is 0 Å². The summed E-state index contributed by atoms with van der Waals surface area (Å²) in [5.41, 5.74) is 0.975. The molecule has 2 aliphatic rings. The van der Waals surface area contributed by atoms with E-state index in [1.807, 2.05) is 0 Å². The van der Waals surface area contributed by atoms with Crippen LogP contribution in [0.5, 0.6) is 0 Å². The summed E-state index contributed by atoms with van der Waals surface area (Å²) in [6, 6.07) is 3.32. The molecule has 0 aliphatic carbocycles. The summed E-state index contributed by atoms with van der Waals surface area (Å²) in [7, 11) is 0. The van der Waals surface area contributed by atoms with E-state index in [2.05, 4.69) is 9.98 Å². The molecule has 3 heterocycles. The van der Waals surface area contributed by atoms with E-state index in [1.54, 1.807) is 18.3 Å². The van der Waals surface area contributed by atoms with Crippen LogP contribution in [-0.2, 0) is 4.79 Å². The van der Waals surface area contributed by atoms with Crippen molar-refractivity contribution >= 4 is 17.6 Å². The first kappa shape index (κ1) is 7.37. The van der Waals surface area contributed by atoms with Crippen LogP contribution < -0.4 is 0 Å². The lowest BCUT2D eigenvalue weighted by Crippen LogP contribution is -2.32. The molecule has 0 saturated heterocycles. The number of amidine groups is 1. The third-order valence-corrected chi connectivity index (χ3v) is 2.28. The highest BCUT2D eigenvalue weighted by Gasteiger charge is 2.41. The Bertz CT molecular complexity index is 493. The van der Waals surface area contributed by atoms with Gasteiger partial charge in [-0.1, -0.05) is 0 Å². The van der Waals surface area contributed by atoms with Crippen LogP contribution in [0.2, 0.25) is 0 Å². The second kappa shape index (κ2) is 2.25. The van der Waals surface area contributed by atoms with Crippen molar-refractivity contribution in [3.8, 4) is 0 Å². The summed E-state index contributed by atoms with van der Waals surface area (Å²) in [5, 5.41) is 0. The van der Waals surface area contributed by atoms with Crippen LogP contribution >= 0.6 is 0 Å². The quantitative estimate of drug-likeness (QED) is 0.529.